The summed E-state index contributed by atoms with van der Waals surface area (Å²) >= 11 is 3.68. The summed E-state index contributed by atoms with van der Waals surface area (Å²) in [6, 6.07) is 58.4. The summed E-state index contributed by atoms with van der Waals surface area (Å²) in [6.45, 7) is 15.8. The average molecular weight is 891 g/mol. The number of hydrogen-bond acceptors (Lipinski definition) is 6. The van der Waals surface area contributed by atoms with E-state index in [0.29, 0.717) is 0 Å². The second-order valence-corrected chi connectivity index (χ2v) is 22.4. The van der Waals surface area contributed by atoms with Crippen LogP contribution in [0.2, 0.25) is 0 Å². The molecule has 11 aromatic rings. The van der Waals surface area contributed by atoms with Gasteiger partial charge in [0, 0.05) is 63.6 Å². The number of benzene rings is 7. The van der Waals surface area contributed by atoms with Gasteiger partial charge in [-0.1, -0.05) is 114 Å². The predicted molar refractivity (Wildman–Crippen MR) is 284 cm³/mol. The Morgan fingerprint density at radius 2 is 0.909 bits per heavy atom. The zero-order valence-electron chi connectivity index (χ0n) is 38.1. The molecule has 4 aromatic heterocycles. The van der Waals surface area contributed by atoms with Crippen LogP contribution < -0.4 is 26.2 Å². The highest BCUT2D eigenvalue weighted by molar-refractivity contribution is 7.22. The van der Waals surface area contributed by atoms with E-state index in [1.54, 1.807) is 0 Å². The fourth-order valence-electron chi connectivity index (χ4n) is 10.5. The third-order valence-corrected chi connectivity index (χ3v) is 16.1. The first-order valence-corrected chi connectivity index (χ1v) is 24.6. The lowest BCUT2D eigenvalue weighted by Crippen LogP contribution is -2.60. The first kappa shape index (κ1) is 39.6. The van der Waals surface area contributed by atoms with Gasteiger partial charge in [-0.3, -0.25) is 9.80 Å². The molecule has 0 saturated carbocycles. The van der Waals surface area contributed by atoms with E-state index in [4.69, 9.17) is 8.83 Å². The Bertz CT molecular complexity index is 3490. The lowest BCUT2D eigenvalue weighted by atomic mass is 9.33. The standard InChI is InChI=1S/C59H47BN2O2S2/c1-34-26-45-55-46(27-34)62(42-19-13-17-36(29-42)52-31-38-15-9-11-21-50(38)66-52)57-54(44-33-40(59(5,6)7)23-25-48(44)64-57)60(55)53-43-32-39(58(2,3)4)22-24-47(43)63-56(53)61(45)41-18-12-16-35(28-41)51-30-37-14-8-10-20-49(37)65-51/h8-33H,1-7H3. The highest BCUT2D eigenvalue weighted by Crippen LogP contribution is 2.50. The normalized spacial score (nSPS) is 13.6. The molecule has 0 radical (unpaired) electrons. The van der Waals surface area contributed by atoms with Crippen LogP contribution in [0.3, 0.4) is 0 Å². The van der Waals surface area contributed by atoms with Crippen molar-refractivity contribution >= 4 is 122 Å². The Balaban J connectivity index is 1.12. The van der Waals surface area contributed by atoms with Gasteiger partial charge in [0.25, 0.3) is 6.71 Å². The molecule has 0 spiro atoms. The van der Waals surface area contributed by atoms with Gasteiger partial charge in [-0.15, -0.1) is 22.7 Å². The number of fused-ring (bicyclic) bond motifs is 10. The van der Waals surface area contributed by atoms with Crippen LogP contribution in [0, 0.1) is 6.92 Å². The van der Waals surface area contributed by atoms with Crippen molar-refractivity contribution in [1.82, 2.24) is 0 Å². The van der Waals surface area contributed by atoms with Crippen LogP contribution in [0.25, 0.3) is 63.0 Å². The van der Waals surface area contributed by atoms with Crippen molar-refractivity contribution in [3.8, 4) is 20.9 Å². The highest BCUT2D eigenvalue weighted by Gasteiger charge is 2.49. The molecule has 7 heteroatoms. The summed E-state index contributed by atoms with van der Waals surface area (Å²) in [5.74, 6) is 1.71. The first-order chi connectivity index (χ1) is 31.9. The van der Waals surface area contributed by atoms with Gasteiger partial charge < -0.3 is 8.83 Å². The summed E-state index contributed by atoms with van der Waals surface area (Å²) in [7, 11) is 0. The van der Waals surface area contributed by atoms with E-state index in [0.717, 1.165) is 62.0 Å². The molecule has 7 aromatic carbocycles. The van der Waals surface area contributed by atoms with Gasteiger partial charge >= 0.3 is 0 Å². The smallest absolute Gasteiger partial charge is 0.262 e. The molecular weight excluding hydrogens is 844 g/mol. The highest BCUT2D eigenvalue weighted by atomic mass is 32.1. The van der Waals surface area contributed by atoms with E-state index < -0.39 is 0 Å². The Hall–Kier alpha value is -6.80. The molecule has 0 fully saturated rings. The van der Waals surface area contributed by atoms with E-state index in [9.17, 15) is 0 Å². The van der Waals surface area contributed by atoms with Crippen molar-refractivity contribution in [1.29, 1.82) is 0 Å². The van der Waals surface area contributed by atoms with E-state index in [1.807, 2.05) is 22.7 Å². The minimum absolute atomic E-state index is 0.0661. The number of anilines is 6. The molecule has 0 unspecified atom stereocenters. The quantitative estimate of drug-likeness (QED) is 0.165. The van der Waals surface area contributed by atoms with E-state index in [1.165, 1.54) is 68.6 Å². The van der Waals surface area contributed by atoms with Crippen molar-refractivity contribution in [3.05, 3.63) is 174 Å². The maximum Gasteiger partial charge on any atom is 0.262 e. The van der Waals surface area contributed by atoms with Crippen LogP contribution in [0.15, 0.2) is 167 Å². The van der Waals surface area contributed by atoms with Crippen molar-refractivity contribution in [2.24, 2.45) is 0 Å². The topological polar surface area (TPSA) is 32.8 Å². The number of hydrogen-bond donors (Lipinski definition) is 0. The fraction of sp³-hybridized carbons (Fsp3) is 0.153. The van der Waals surface area contributed by atoms with E-state index in [2.05, 4.69) is 216 Å². The van der Waals surface area contributed by atoms with Crippen molar-refractivity contribution < 1.29 is 8.83 Å². The summed E-state index contributed by atoms with van der Waals surface area (Å²) in [4.78, 5) is 7.30. The molecule has 2 aliphatic rings. The summed E-state index contributed by atoms with van der Waals surface area (Å²) in [5.41, 5.74) is 15.6. The van der Waals surface area contributed by atoms with Gasteiger partial charge in [0.05, 0.1) is 0 Å². The van der Waals surface area contributed by atoms with Gasteiger partial charge in [-0.2, -0.15) is 0 Å². The van der Waals surface area contributed by atoms with Crippen LogP contribution in [0.4, 0.5) is 34.5 Å². The molecule has 4 nitrogen and oxygen atoms in total. The van der Waals surface area contributed by atoms with Gasteiger partial charge in [0.2, 0.25) is 11.8 Å². The SMILES string of the molecule is Cc1cc2c3c(c1)N(c1cccc(-c4cc5ccccc5s4)c1)c1oc4ccc(C(C)(C)C)cc4c1B3c1c(oc3ccc(C(C)(C)C)cc13)N2c1cccc(-c2cc3ccccc3s2)c1. The molecule has 0 atom stereocenters. The van der Waals surface area contributed by atoms with Crippen LogP contribution in [0.5, 0.6) is 0 Å². The van der Waals surface area contributed by atoms with Gasteiger partial charge in [-0.25, -0.2) is 0 Å². The third kappa shape index (κ3) is 6.02. The monoisotopic (exact) mass is 890 g/mol. The average Bonchev–Trinajstić information content (AvgIpc) is 4.10. The largest absolute Gasteiger partial charge is 0.440 e. The molecule has 2 aliphatic heterocycles. The third-order valence-electron chi connectivity index (χ3n) is 13.8. The summed E-state index contributed by atoms with van der Waals surface area (Å²) in [6.07, 6.45) is 0. The Kier molecular flexibility index (Phi) is 8.45. The number of rotatable bonds is 4. The molecule has 13 rings (SSSR count). The second-order valence-electron chi connectivity index (χ2n) is 20.3. The predicted octanol–water partition coefficient (Wildman–Crippen LogP) is 15.9. The summed E-state index contributed by atoms with van der Waals surface area (Å²) < 4.78 is 17.1. The molecule has 0 amide bonds. The van der Waals surface area contributed by atoms with Crippen LogP contribution >= 0.6 is 22.7 Å². The molecule has 0 bridgehead atoms. The molecular formula is C59H47BN2O2S2. The van der Waals surface area contributed by atoms with E-state index in [-0.39, 0.29) is 17.5 Å². The lowest BCUT2D eigenvalue weighted by Gasteiger charge is -2.41. The maximum atomic E-state index is 7.28. The Morgan fingerprint density at radius 3 is 1.35 bits per heavy atom. The van der Waals surface area contributed by atoms with Crippen LogP contribution in [-0.4, -0.2) is 6.71 Å². The zero-order chi connectivity index (χ0) is 44.8. The van der Waals surface area contributed by atoms with Crippen molar-refractivity contribution in [2.45, 2.75) is 59.3 Å². The van der Waals surface area contributed by atoms with Gasteiger partial charge in [-0.05, 0) is 147 Å². The summed E-state index contributed by atoms with van der Waals surface area (Å²) in [5, 5.41) is 4.80. The molecule has 66 heavy (non-hydrogen) atoms. The van der Waals surface area contributed by atoms with Crippen LogP contribution in [0.1, 0.15) is 58.2 Å². The number of nitrogens with zero attached hydrogens (tertiary/aromatic N) is 2. The van der Waals surface area contributed by atoms with Crippen molar-refractivity contribution in [3.63, 3.8) is 0 Å². The minimum Gasteiger partial charge on any atom is -0.440 e. The molecule has 0 aliphatic carbocycles. The maximum absolute atomic E-state index is 7.28. The van der Waals surface area contributed by atoms with Gasteiger partial charge in [0.1, 0.15) is 11.2 Å². The Morgan fingerprint density at radius 1 is 0.455 bits per heavy atom. The Labute approximate surface area is 393 Å². The van der Waals surface area contributed by atoms with Crippen molar-refractivity contribution in [2.75, 3.05) is 9.80 Å². The van der Waals surface area contributed by atoms with Gasteiger partial charge in [0.15, 0.2) is 0 Å². The van der Waals surface area contributed by atoms with Crippen LogP contribution in [-0.2, 0) is 10.8 Å². The molecule has 0 N–H and O–H groups in total. The van der Waals surface area contributed by atoms with E-state index >= 15 is 0 Å². The minimum atomic E-state index is -0.183. The molecule has 320 valence electrons. The fourth-order valence-corrected chi connectivity index (χ4v) is 12.6. The number of aryl methyl sites for hydroxylation is 1. The second kappa shape index (κ2) is 14.1. The molecule has 0 saturated heterocycles. The first-order valence-electron chi connectivity index (χ1n) is 22.9. The number of furan rings is 2. The molecule has 6 heterocycles. The number of thiophene rings is 2. The zero-order valence-corrected chi connectivity index (χ0v) is 39.7. The lowest BCUT2D eigenvalue weighted by molar-refractivity contribution is 0.589.